The topological polar surface area (TPSA) is 132 Å². The number of urea groups is 1. The molecule has 2 aromatic rings. The number of hydrogen-bond donors (Lipinski definition) is 3. The number of rotatable bonds is 10. The third-order valence-electron chi connectivity index (χ3n) is 4.35. The summed E-state index contributed by atoms with van der Waals surface area (Å²) in [5, 5.41) is 9.22. The first-order chi connectivity index (χ1) is 15.7. The van der Waals surface area contributed by atoms with Gasteiger partial charge >= 0.3 is 12.0 Å². The summed E-state index contributed by atoms with van der Waals surface area (Å²) >= 11 is 1.57. The molecule has 0 saturated carbocycles. The monoisotopic (exact) mass is 477 g/mol. The van der Waals surface area contributed by atoms with Crippen molar-refractivity contribution in [2.75, 3.05) is 32.7 Å². The first-order valence-electron chi connectivity index (χ1n) is 10.1. The van der Waals surface area contributed by atoms with Gasteiger partial charge in [0.25, 0.3) is 5.91 Å². The largest absolute Gasteiger partial charge is 0.493 e. The Morgan fingerprint density at radius 3 is 2.36 bits per heavy atom. The Morgan fingerprint density at radius 2 is 1.76 bits per heavy atom. The van der Waals surface area contributed by atoms with Gasteiger partial charge < -0.3 is 24.8 Å². The quantitative estimate of drug-likeness (QED) is 0.448. The summed E-state index contributed by atoms with van der Waals surface area (Å²) in [7, 11) is 2.81. The summed E-state index contributed by atoms with van der Waals surface area (Å²) in [6, 6.07) is 5.93. The van der Waals surface area contributed by atoms with Crippen LogP contribution in [0.4, 0.5) is 10.5 Å². The Hall–Kier alpha value is -3.60. The summed E-state index contributed by atoms with van der Waals surface area (Å²) in [5.41, 5.74) is 0.109. The number of methoxy groups -OCH3 is 2. The molecule has 0 saturated heterocycles. The van der Waals surface area contributed by atoms with Crippen molar-refractivity contribution in [2.24, 2.45) is 5.92 Å². The molecule has 0 spiro atoms. The van der Waals surface area contributed by atoms with Gasteiger partial charge in [0.2, 0.25) is 5.91 Å². The van der Waals surface area contributed by atoms with Crippen molar-refractivity contribution in [3.05, 3.63) is 40.1 Å². The van der Waals surface area contributed by atoms with Gasteiger partial charge in [-0.25, -0.2) is 9.59 Å². The van der Waals surface area contributed by atoms with Crippen LogP contribution in [0.3, 0.4) is 0 Å². The maximum Gasteiger partial charge on any atom is 0.340 e. The first kappa shape index (κ1) is 25.7. The summed E-state index contributed by atoms with van der Waals surface area (Å²) in [6.45, 7) is 3.06. The molecule has 0 radical (unpaired) electrons. The van der Waals surface area contributed by atoms with Gasteiger partial charge in [0.1, 0.15) is 0 Å². The predicted octanol–water partition coefficient (Wildman–Crippen LogP) is 2.59. The molecule has 2 rings (SSSR count). The Balaban J connectivity index is 1.97. The Morgan fingerprint density at radius 1 is 1.06 bits per heavy atom. The van der Waals surface area contributed by atoms with Crippen LogP contribution in [0.2, 0.25) is 0 Å². The molecule has 1 aromatic heterocycles. The van der Waals surface area contributed by atoms with E-state index in [0.29, 0.717) is 18.7 Å². The average Bonchev–Trinajstić information content (AvgIpc) is 3.30. The molecule has 0 aliphatic heterocycles. The number of hydrogen-bond acceptors (Lipinski definition) is 8. The van der Waals surface area contributed by atoms with Crippen molar-refractivity contribution in [3.63, 3.8) is 0 Å². The smallest absolute Gasteiger partial charge is 0.340 e. The number of ether oxygens (including phenoxy) is 3. The number of benzene rings is 1. The van der Waals surface area contributed by atoms with Gasteiger partial charge in [-0.2, -0.15) is 0 Å². The van der Waals surface area contributed by atoms with Gasteiger partial charge in [-0.05, 0) is 17.9 Å². The lowest BCUT2D eigenvalue weighted by Crippen LogP contribution is -2.42. The zero-order valence-corrected chi connectivity index (χ0v) is 19.7. The van der Waals surface area contributed by atoms with Crippen molar-refractivity contribution in [1.82, 2.24) is 10.6 Å². The van der Waals surface area contributed by atoms with Gasteiger partial charge in [0.15, 0.2) is 18.1 Å². The first-order valence-corrected chi connectivity index (χ1v) is 11.0. The van der Waals surface area contributed by atoms with Crippen LogP contribution in [0.15, 0.2) is 29.6 Å². The van der Waals surface area contributed by atoms with Gasteiger partial charge in [-0.15, -0.1) is 11.3 Å². The highest BCUT2D eigenvalue weighted by Crippen LogP contribution is 2.34. The molecule has 0 aliphatic carbocycles. The van der Waals surface area contributed by atoms with Gasteiger partial charge in [-0.3, -0.25) is 14.9 Å². The van der Waals surface area contributed by atoms with Gasteiger partial charge in [-0.1, -0.05) is 19.9 Å². The van der Waals surface area contributed by atoms with Crippen LogP contribution in [0.1, 0.15) is 29.1 Å². The molecule has 1 heterocycles. The van der Waals surface area contributed by atoms with Crippen molar-refractivity contribution in [2.45, 2.75) is 20.3 Å². The number of esters is 1. The van der Waals surface area contributed by atoms with Crippen molar-refractivity contribution < 1.29 is 33.4 Å². The normalized spacial score (nSPS) is 10.3. The summed E-state index contributed by atoms with van der Waals surface area (Å²) < 4.78 is 15.4. The fraction of sp³-hybridized carbons (Fsp3) is 0.364. The van der Waals surface area contributed by atoms with E-state index in [-0.39, 0.29) is 28.8 Å². The Labute approximate surface area is 195 Å². The highest BCUT2D eigenvalue weighted by molar-refractivity contribution is 7.09. The minimum absolute atomic E-state index is 0.0325. The molecule has 10 nitrogen and oxygen atoms in total. The molecule has 3 N–H and O–H groups in total. The van der Waals surface area contributed by atoms with E-state index in [1.165, 1.54) is 26.4 Å². The Bertz CT molecular complexity index is 990. The zero-order chi connectivity index (χ0) is 24.4. The number of amides is 4. The SMILES string of the molecule is COc1cc(NC(=O)C(C)C)c(C(=O)OCC(=O)NC(=O)NCCc2cccs2)cc1OC. The zero-order valence-electron chi connectivity index (χ0n) is 18.9. The molecule has 33 heavy (non-hydrogen) atoms. The summed E-state index contributed by atoms with van der Waals surface area (Å²) in [4.78, 5) is 49.7. The second-order valence-electron chi connectivity index (χ2n) is 7.11. The standard InChI is InChI=1S/C22H27N3O7S/c1-13(2)20(27)24-16-11-18(31-4)17(30-3)10-15(16)21(28)32-12-19(26)25-22(29)23-8-7-14-6-5-9-33-14/h5-6,9-11,13H,7-8,12H2,1-4H3,(H,24,27)(H2,23,25,26,29). The van der Waals surface area contributed by atoms with E-state index in [4.69, 9.17) is 14.2 Å². The number of anilines is 1. The molecule has 0 atom stereocenters. The molecule has 0 unspecified atom stereocenters. The maximum atomic E-state index is 12.6. The maximum absolute atomic E-state index is 12.6. The Kier molecular flexibility index (Phi) is 9.67. The molecule has 1 aromatic carbocycles. The predicted molar refractivity (Wildman–Crippen MR) is 123 cm³/mol. The molecule has 0 aliphatic rings. The molecule has 0 fully saturated rings. The highest BCUT2D eigenvalue weighted by atomic mass is 32.1. The van der Waals surface area contributed by atoms with Crippen LogP contribution in [-0.4, -0.2) is 51.2 Å². The third kappa shape index (κ3) is 7.79. The van der Waals surface area contributed by atoms with Crippen molar-refractivity contribution in [3.8, 4) is 11.5 Å². The van der Waals surface area contributed by atoms with Gasteiger partial charge in [0.05, 0.1) is 25.5 Å². The summed E-state index contributed by atoms with van der Waals surface area (Å²) in [6.07, 6.45) is 0.637. The van der Waals surface area contributed by atoms with Crippen LogP contribution in [0, 0.1) is 5.92 Å². The second kappa shape index (κ2) is 12.4. The van der Waals surface area contributed by atoms with E-state index in [9.17, 15) is 19.2 Å². The molecule has 11 heteroatoms. The van der Waals surface area contributed by atoms with E-state index in [2.05, 4.69) is 16.0 Å². The fourth-order valence-electron chi connectivity index (χ4n) is 2.60. The lowest BCUT2D eigenvalue weighted by Gasteiger charge is -2.16. The van der Waals surface area contributed by atoms with Crippen LogP contribution in [0.25, 0.3) is 0 Å². The number of thiophene rings is 1. The number of carbonyl (C=O) groups is 4. The average molecular weight is 478 g/mol. The van der Waals surface area contributed by atoms with Crippen molar-refractivity contribution in [1.29, 1.82) is 0 Å². The number of nitrogens with one attached hydrogen (secondary N) is 3. The third-order valence-corrected chi connectivity index (χ3v) is 5.29. The van der Waals surface area contributed by atoms with Crippen LogP contribution >= 0.6 is 11.3 Å². The van der Waals surface area contributed by atoms with E-state index in [1.807, 2.05) is 17.5 Å². The lowest BCUT2D eigenvalue weighted by molar-refractivity contribution is -0.123. The molecular weight excluding hydrogens is 450 g/mol. The van der Waals surface area contributed by atoms with Crippen LogP contribution in [-0.2, 0) is 20.7 Å². The second-order valence-corrected chi connectivity index (χ2v) is 8.14. The van der Waals surface area contributed by atoms with Crippen LogP contribution < -0.4 is 25.4 Å². The van der Waals surface area contributed by atoms with E-state index < -0.39 is 24.5 Å². The molecular formula is C22H27N3O7S. The van der Waals surface area contributed by atoms with Gasteiger partial charge in [0, 0.05) is 29.5 Å². The number of imide groups is 1. The molecule has 178 valence electrons. The minimum Gasteiger partial charge on any atom is -0.493 e. The van der Waals surface area contributed by atoms with Crippen molar-refractivity contribution >= 4 is 40.8 Å². The lowest BCUT2D eigenvalue weighted by atomic mass is 10.1. The molecule has 4 amide bonds. The minimum atomic E-state index is -0.886. The fourth-order valence-corrected chi connectivity index (χ4v) is 3.31. The van der Waals surface area contributed by atoms with Crippen LogP contribution in [0.5, 0.6) is 11.5 Å². The number of carbonyl (C=O) groups excluding carboxylic acids is 4. The van der Waals surface area contributed by atoms with E-state index in [0.717, 1.165) is 4.88 Å². The highest BCUT2D eigenvalue weighted by Gasteiger charge is 2.21. The summed E-state index contributed by atoms with van der Waals surface area (Å²) in [5.74, 6) is -1.82. The molecule has 0 bridgehead atoms. The van der Waals surface area contributed by atoms with E-state index >= 15 is 0 Å². The van der Waals surface area contributed by atoms with E-state index in [1.54, 1.807) is 25.2 Å².